The minimum absolute atomic E-state index is 0.168. The van der Waals surface area contributed by atoms with E-state index in [0.717, 1.165) is 4.57 Å². The first-order chi connectivity index (χ1) is 16.8. The first kappa shape index (κ1) is 28.4. The molecule has 1 saturated heterocycles. The highest BCUT2D eigenvalue weighted by molar-refractivity contribution is 9.10. The Hall–Kier alpha value is -2.15. The molecule has 0 radical (unpaired) electrons. The van der Waals surface area contributed by atoms with Crippen LogP contribution in [0.1, 0.15) is 32.7 Å². The van der Waals surface area contributed by atoms with Crippen LogP contribution in [0.5, 0.6) is 5.75 Å². The molecule has 14 heteroatoms. The number of aliphatic hydroxyl groups excluding tert-OH is 1. The number of nitrogens with one attached hydrogen (secondary N) is 1. The Morgan fingerprint density at radius 2 is 2.00 bits per heavy atom. The van der Waals surface area contributed by atoms with Crippen LogP contribution in [-0.2, 0) is 23.4 Å². The molecule has 1 aliphatic rings. The quantitative estimate of drug-likeness (QED) is 0.241. The number of alkyl halides is 2. The van der Waals surface area contributed by atoms with Gasteiger partial charge < -0.3 is 19.1 Å². The Morgan fingerprint density at radius 3 is 2.61 bits per heavy atom. The molecule has 198 valence electrons. The minimum atomic E-state index is -4.28. The lowest BCUT2D eigenvalue weighted by molar-refractivity contribution is -0.149. The molecule has 0 aliphatic carbocycles. The molecule has 0 bridgehead atoms. The third-order valence-electron chi connectivity index (χ3n) is 5.04. The van der Waals surface area contributed by atoms with Gasteiger partial charge in [-0.3, -0.25) is 13.9 Å². The molecule has 3 rings (SSSR count). The molecule has 1 fully saturated rings. The van der Waals surface area contributed by atoms with Gasteiger partial charge in [0.2, 0.25) is 4.58 Å². The normalized spacial score (nSPS) is 26.4. The van der Waals surface area contributed by atoms with Crippen LogP contribution in [0, 0.1) is 6.92 Å². The first-order valence-electron chi connectivity index (χ1n) is 11.1. The van der Waals surface area contributed by atoms with Crippen LogP contribution in [0.3, 0.4) is 0 Å². The van der Waals surface area contributed by atoms with Crippen molar-refractivity contribution in [2.75, 3.05) is 6.61 Å². The molecule has 2 heterocycles. The zero-order chi connectivity index (χ0) is 26.7. The Balaban J connectivity index is 1.79. The lowest BCUT2D eigenvalue weighted by atomic mass is 10.1. The number of aromatic nitrogens is 2. The van der Waals surface area contributed by atoms with E-state index in [1.807, 2.05) is 0 Å². The van der Waals surface area contributed by atoms with Crippen molar-refractivity contribution in [3.8, 4) is 5.75 Å². The summed E-state index contributed by atoms with van der Waals surface area (Å²) in [5.41, 5.74) is -0.364. The van der Waals surface area contributed by atoms with E-state index in [0.29, 0.717) is 5.69 Å². The fourth-order valence-corrected chi connectivity index (χ4v) is 5.41. The number of aliphatic hydroxyl groups is 1. The zero-order valence-electron chi connectivity index (χ0n) is 20.0. The number of hydrogen-bond acceptors (Lipinski definition) is 9. The molecule has 11 nitrogen and oxygen atoms in total. The van der Waals surface area contributed by atoms with E-state index < -0.39 is 61.2 Å². The van der Waals surface area contributed by atoms with Crippen molar-refractivity contribution >= 4 is 29.6 Å². The fourth-order valence-electron chi connectivity index (χ4n) is 3.29. The summed E-state index contributed by atoms with van der Waals surface area (Å²) in [5.74, 6) is -0.529. The van der Waals surface area contributed by atoms with E-state index in [2.05, 4.69) is 26.0 Å². The van der Waals surface area contributed by atoms with Crippen LogP contribution >= 0.6 is 23.7 Å². The summed E-state index contributed by atoms with van der Waals surface area (Å²) in [6.45, 7) is 5.71. The molecule has 1 aromatic carbocycles. The monoisotopic (exact) mass is 591 g/mol. The van der Waals surface area contributed by atoms with Crippen LogP contribution in [0.15, 0.2) is 47.4 Å². The van der Waals surface area contributed by atoms with Crippen LogP contribution in [0.2, 0.25) is 0 Å². The van der Waals surface area contributed by atoms with Gasteiger partial charge in [0.05, 0.1) is 12.7 Å². The molecule has 0 saturated carbocycles. The third-order valence-corrected chi connectivity index (χ3v) is 7.54. The maximum Gasteiger partial charge on any atom is 0.459 e. The van der Waals surface area contributed by atoms with Gasteiger partial charge in [-0.05, 0) is 61.8 Å². The molecular weight excluding hydrogens is 564 g/mol. The van der Waals surface area contributed by atoms with Gasteiger partial charge in [-0.1, -0.05) is 18.2 Å². The largest absolute Gasteiger partial charge is 0.462 e. The molecule has 36 heavy (non-hydrogen) atoms. The van der Waals surface area contributed by atoms with Gasteiger partial charge in [0.15, 0.2) is 6.23 Å². The smallest absolute Gasteiger partial charge is 0.459 e. The van der Waals surface area contributed by atoms with Gasteiger partial charge in [-0.15, -0.1) is 0 Å². The van der Waals surface area contributed by atoms with E-state index in [1.165, 1.54) is 31.3 Å². The molecule has 1 unspecified atom stereocenters. The van der Waals surface area contributed by atoms with E-state index in [-0.39, 0.29) is 5.75 Å². The molecule has 1 aromatic heterocycles. The van der Waals surface area contributed by atoms with Crippen molar-refractivity contribution in [3.63, 3.8) is 0 Å². The van der Waals surface area contributed by atoms with Crippen LogP contribution in [0.25, 0.3) is 0 Å². The Kier molecular flexibility index (Phi) is 9.07. The third kappa shape index (κ3) is 6.78. The van der Waals surface area contributed by atoms with Gasteiger partial charge in [0.25, 0.3) is 0 Å². The number of benzene rings is 1. The van der Waals surface area contributed by atoms with Crippen molar-refractivity contribution in [1.29, 1.82) is 0 Å². The molecule has 6 atom stereocenters. The Morgan fingerprint density at radius 1 is 1.33 bits per heavy atom. The van der Waals surface area contributed by atoms with Crippen molar-refractivity contribution < 1.29 is 37.4 Å². The lowest BCUT2D eigenvalue weighted by Crippen LogP contribution is -2.41. The second-order valence-electron chi connectivity index (χ2n) is 8.44. The van der Waals surface area contributed by atoms with E-state index >= 15 is 4.39 Å². The Bertz CT molecular complexity index is 1170. The van der Waals surface area contributed by atoms with Gasteiger partial charge in [0, 0.05) is 11.9 Å². The highest BCUT2D eigenvalue weighted by Crippen LogP contribution is 2.49. The standard InChI is InChI=1S/C22H28BrFN3O8P/c1-13(2)33-19(29)15(4)26-36(31,35-16-8-6-5-7-9-16)32-12-17-18(28)22(23,24)20(34-17)27-11-10-14(3)25-21(27)30/h5-11,13,15,17-18,20,28H,12H2,1-4H3,(H,26,31)/t15-,17+,18+,20+,22+,36?/m0/s1. The molecule has 2 aromatic rings. The van der Waals surface area contributed by atoms with Crippen molar-refractivity contribution in [2.24, 2.45) is 0 Å². The van der Waals surface area contributed by atoms with Crippen LogP contribution in [0.4, 0.5) is 4.39 Å². The number of nitrogens with zero attached hydrogens (tertiary/aromatic N) is 2. The maximum absolute atomic E-state index is 15.4. The topological polar surface area (TPSA) is 138 Å². The van der Waals surface area contributed by atoms with E-state index in [1.54, 1.807) is 39.0 Å². The SMILES string of the molecule is Cc1ccn([C@@H]2O[C@H](COP(=O)(N[C@@H](C)C(=O)OC(C)C)Oc3ccccc3)[C@@H](O)[C@]2(F)Br)c(=O)n1. The summed E-state index contributed by atoms with van der Waals surface area (Å²) < 4.78 is 49.0. The van der Waals surface area contributed by atoms with Crippen molar-refractivity contribution in [1.82, 2.24) is 14.6 Å². The summed E-state index contributed by atoms with van der Waals surface area (Å²) in [5, 5.41) is 13.1. The number of carbonyl (C=O) groups is 1. The Labute approximate surface area is 215 Å². The number of ether oxygens (including phenoxy) is 2. The summed E-state index contributed by atoms with van der Waals surface area (Å²) in [4.78, 5) is 28.3. The average molecular weight is 592 g/mol. The number of para-hydroxylation sites is 1. The summed E-state index contributed by atoms with van der Waals surface area (Å²) in [7, 11) is -4.28. The number of carbonyl (C=O) groups excluding carboxylic acids is 1. The van der Waals surface area contributed by atoms with E-state index in [9.17, 15) is 19.3 Å². The molecule has 2 N–H and O–H groups in total. The van der Waals surface area contributed by atoms with E-state index in [4.69, 9.17) is 18.5 Å². The number of halogens is 2. The van der Waals surface area contributed by atoms with Gasteiger partial charge in [0.1, 0.15) is 24.0 Å². The van der Waals surface area contributed by atoms with Crippen molar-refractivity contribution in [3.05, 3.63) is 58.8 Å². The molecule has 1 aliphatic heterocycles. The minimum Gasteiger partial charge on any atom is -0.462 e. The average Bonchev–Trinajstić information content (AvgIpc) is 3.01. The predicted molar refractivity (Wildman–Crippen MR) is 130 cm³/mol. The zero-order valence-corrected chi connectivity index (χ0v) is 22.5. The second kappa shape index (κ2) is 11.5. The number of hydrogen-bond donors (Lipinski definition) is 2. The highest BCUT2D eigenvalue weighted by Gasteiger charge is 2.57. The lowest BCUT2D eigenvalue weighted by Gasteiger charge is -2.25. The number of rotatable bonds is 10. The van der Waals surface area contributed by atoms with Gasteiger partial charge >= 0.3 is 19.4 Å². The highest BCUT2D eigenvalue weighted by atomic mass is 79.9. The summed E-state index contributed by atoms with van der Waals surface area (Å²) in [6.07, 6.45) is -3.92. The van der Waals surface area contributed by atoms with Gasteiger partial charge in [-0.25, -0.2) is 13.8 Å². The number of aryl methyl sites for hydroxylation is 1. The molecule has 0 spiro atoms. The summed E-state index contributed by atoms with van der Waals surface area (Å²) >= 11 is 2.80. The predicted octanol–water partition coefficient (Wildman–Crippen LogP) is 3.00. The van der Waals surface area contributed by atoms with Crippen LogP contribution < -0.4 is 15.3 Å². The van der Waals surface area contributed by atoms with Crippen LogP contribution in [-0.4, -0.2) is 56.2 Å². The second-order valence-corrected chi connectivity index (χ2v) is 11.3. The molecule has 0 amide bonds. The first-order valence-corrected chi connectivity index (χ1v) is 13.4. The summed E-state index contributed by atoms with van der Waals surface area (Å²) in [6, 6.07) is 8.42. The maximum atomic E-state index is 15.4. The molecular formula is C22H28BrFN3O8P. The number of esters is 1. The van der Waals surface area contributed by atoms with Crippen molar-refractivity contribution in [2.45, 2.75) is 62.9 Å². The fraction of sp³-hybridized carbons (Fsp3) is 0.500. The van der Waals surface area contributed by atoms with Gasteiger partial charge in [-0.2, -0.15) is 10.1 Å².